The Morgan fingerprint density at radius 1 is 1.50 bits per heavy atom. The van der Waals surface area contributed by atoms with E-state index in [1.807, 2.05) is 37.4 Å². The van der Waals surface area contributed by atoms with Crippen LogP contribution in [-0.2, 0) is 4.74 Å². The van der Waals surface area contributed by atoms with E-state index < -0.39 is 0 Å². The van der Waals surface area contributed by atoms with Crippen molar-refractivity contribution in [3.63, 3.8) is 0 Å². The summed E-state index contributed by atoms with van der Waals surface area (Å²) in [7, 11) is 0. The molecule has 4 heteroatoms. The molecule has 1 aliphatic carbocycles. The van der Waals surface area contributed by atoms with Gasteiger partial charge in [-0.15, -0.1) is 0 Å². The summed E-state index contributed by atoms with van der Waals surface area (Å²) in [6.07, 6.45) is 4.36. The van der Waals surface area contributed by atoms with Crippen molar-refractivity contribution in [3.8, 4) is 0 Å². The van der Waals surface area contributed by atoms with Crippen molar-refractivity contribution in [2.75, 3.05) is 18.6 Å². The number of hydrogen-bond donors (Lipinski definition) is 0. The number of rotatable bonds is 2. The van der Waals surface area contributed by atoms with Crippen LogP contribution in [0.25, 0.3) is 0 Å². The van der Waals surface area contributed by atoms with Gasteiger partial charge in [-0.25, -0.2) is 4.79 Å². The van der Waals surface area contributed by atoms with Crippen molar-refractivity contribution in [3.05, 3.63) is 0 Å². The van der Waals surface area contributed by atoms with E-state index in [2.05, 4.69) is 6.26 Å². The number of ether oxygens (including phenoxy) is 1. The largest absolute Gasteiger partial charge is 0.444 e. The third kappa shape index (κ3) is 2.17. The number of carbonyl (C=O) groups excluding carboxylic acids is 1. The third-order valence-electron chi connectivity index (χ3n) is 3.36. The SMILES string of the molecule is CSCC12CC(C1)N(C(=O)OC(C)(C)C)C2. The first-order valence-electron chi connectivity index (χ1n) is 5.84. The zero-order chi connectivity index (χ0) is 12.0. The second-order valence-electron chi connectivity index (χ2n) is 6.10. The lowest BCUT2D eigenvalue weighted by Gasteiger charge is -2.36. The van der Waals surface area contributed by atoms with Crippen molar-refractivity contribution in [2.45, 2.75) is 45.3 Å². The number of fused-ring (bicyclic) bond motifs is 1. The van der Waals surface area contributed by atoms with Gasteiger partial charge in [-0.2, -0.15) is 11.8 Å². The van der Waals surface area contributed by atoms with Crippen LogP contribution in [-0.4, -0.2) is 41.2 Å². The van der Waals surface area contributed by atoms with E-state index in [1.54, 1.807) is 0 Å². The maximum atomic E-state index is 11.9. The minimum Gasteiger partial charge on any atom is -0.444 e. The Morgan fingerprint density at radius 3 is 2.62 bits per heavy atom. The van der Waals surface area contributed by atoms with Crippen LogP contribution in [0.1, 0.15) is 33.6 Å². The van der Waals surface area contributed by atoms with E-state index in [0.717, 1.165) is 6.54 Å². The highest BCUT2D eigenvalue weighted by atomic mass is 32.2. The molecule has 1 amide bonds. The van der Waals surface area contributed by atoms with Crippen LogP contribution in [0, 0.1) is 5.41 Å². The predicted molar refractivity (Wildman–Crippen MR) is 66.8 cm³/mol. The Bertz CT molecular complexity index is 292. The Labute approximate surface area is 102 Å². The first kappa shape index (κ1) is 12.1. The minimum absolute atomic E-state index is 0.127. The summed E-state index contributed by atoms with van der Waals surface area (Å²) in [6, 6.07) is 0.446. The molecule has 0 spiro atoms. The molecule has 1 saturated carbocycles. The van der Waals surface area contributed by atoms with E-state index >= 15 is 0 Å². The van der Waals surface area contributed by atoms with E-state index in [9.17, 15) is 4.79 Å². The molecule has 0 unspecified atom stereocenters. The Kier molecular flexibility index (Phi) is 2.89. The fourth-order valence-electron chi connectivity index (χ4n) is 2.78. The van der Waals surface area contributed by atoms with Gasteiger partial charge in [0.15, 0.2) is 0 Å². The molecule has 0 atom stereocenters. The molecule has 2 bridgehead atoms. The van der Waals surface area contributed by atoms with Crippen LogP contribution in [0.15, 0.2) is 0 Å². The molecule has 3 nitrogen and oxygen atoms in total. The fraction of sp³-hybridized carbons (Fsp3) is 0.917. The van der Waals surface area contributed by atoms with Gasteiger partial charge in [-0.1, -0.05) is 0 Å². The first-order valence-corrected chi connectivity index (χ1v) is 7.23. The Morgan fingerprint density at radius 2 is 2.12 bits per heavy atom. The van der Waals surface area contributed by atoms with Crippen molar-refractivity contribution in [1.82, 2.24) is 4.90 Å². The topological polar surface area (TPSA) is 29.5 Å². The van der Waals surface area contributed by atoms with Gasteiger partial charge in [0.1, 0.15) is 5.60 Å². The molecule has 0 radical (unpaired) electrons. The molecule has 0 aromatic carbocycles. The van der Waals surface area contributed by atoms with Gasteiger partial charge in [-0.05, 0) is 39.9 Å². The first-order chi connectivity index (χ1) is 7.35. The highest BCUT2D eigenvalue weighted by Gasteiger charge is 2.56. The molecular weight excluding hydrogens is 222 g/mol. The molecule has 92 valence electrons. The van der Waals surface area contributed by atoms with Crippen LogP contribution in [0.2, 0.25) is 0 Å². The summed E-state index contributed by atoms with van der Waals surface area (Å²) in [4.78, 5) is 13.9. The quantitative estimate of drug-likeness (QED) is 0.747. The number of nitrogens with zero attached hydrogens (tertiary/aromatic N) is 1. The lowest BCUT2D eigenvalue weighted by atomic mass is 9.72. The predicted octanol–water partition coefficient (Wildman–Crippen LogP) is 2.75. The Hall–Kier alpha value is -0.380. The molecule has 0 aromatic rings. The molecule has 3 rings (SSSR count). The van der Waals surface area contributed by atoms with E-state index in [1.165, 1.54) is 18.6 Å². The van der Waals surface area contributed by atoms with Gasteiger partial charge < -0.3 is 9.64 Å². The molecule has 2 saturated heterocycles. The molecule has 16 heavy (non-hydrogen) atoms. The highest BCUT2D eigenvalue weighted by Crippen LogP contribution is 2.53. The number of carbonyl (C=O) groups is 1. The van der Waals surface area contributed by atoms with Crippen molar-refractivity contribution < 1.29 is 9.53 Å². The minimum atomic E-state index is -0.378. The van der Waals surface area contributed by atoms with Gasteiger partial charge in [0.05, 0.1) is 0 Å². The van der Waals surface area contributed by atoms with Gasteiger partial charge in [-0.3, -0.25) is 0 Å². The van der Waals surface area contributed by atoms with Gasteiger partial charge in [0, 0.05) is 23.8 Å². The van der Waals surface area contributed by atoms with E-state index in [-0.39, 0.29) is 11.7 Å². The summed E-state index contributed by atoms with van der Waals surface area (Å²) in [5.74, 6) is 1.17. The maximum absolute atomic E-state index is 11.9. The molecule has 2 aliphatic heterocycles. The lowest BCUT2D eigenvalue weighted by molar-refractivity contribution is 0.0245. The van der Waals surface area contributed by atoms with E-state index in [4.69, 9.17) is 4.74 Å². The molecule has 3 aliphatic rings. The van der Waals surface area contributed by atoms with Gasteiger partial charge in [0.2, 0.25) is 0 Å². The van der Waals surface area contributed by atoms with Crippen molar-refractivity contribution in [2.24, 2.45) is 5.41 Å². The summed E-state index contributed by atoms with van der Waals surface area (Å²) in [6.45, 7) is 6.66. The second kappa shape index (κ2) is 3.83. The third-order valence-corrected chi connectivity index (χ3v) is 4.26. The number of thioether (sulfide) groups is 1. The molecule has 2 heterocycles. The average Bonchev–Trinajstić information content (AvgIpc) is 2.55. The summed E-state index contributed by atoms with van der Waals surface area (Å²) < 4.78 is 5.42. The molecule has 0 aromatic heterocycles. The summed E-state index contributed by atoms with van der Waals surface area (Å²) >= 11 is 1.88. The van der Waals surface area contributed by atoms with Crippen LogP contribution < -0.4 is 0 Å². The zero-order valence-corrected chi connectivity index (χ0v) is 11.4. The zero-order valence-electron chi connectivity index (χ0n) is 10.6. The highest BCUT2D eigenvalue weighted by molar-refractivity contribution is 7.98. The standard InChI is InChI=1S/C12H21NO2S/c1-11(2,3)15-10(14)13-7-12(8-16-4)5-9(13)6-12/h9H,5-8H2,1-4H3. The second-order valence-corrected chi connectivity index (χ2v) is 6.97. The molecular formula is C12H21NO2S. The van der Waals surface area contributed by atoms with Crippen LogP contribution >= 0.6 is 11.8 Å². The summed E-state index contributed by atoms with van der Waals surface area (Å²) in [5, 5.41) is 0. The van der Waals surface area contributed by atoms with Crippen molar-refractivity contribution >= 4 is 17.9 Å². The number of hydrogen-bond acceptors (Lipinski definition) is 3. The normalized spacial score (nSPS) is 32.5. The fourth-order valence-corrected chi connectivity index (χ4v) is 3.72. The lowest BCUT2D eigenvalue weighted by Crippen LogP contribution is -2.39. The Balaban J connectivity index is 1.92. The number of amides is 1. The monoisotopic (exact) mass is 243 g/mol. The molecule has 0 N–H and O–H groups in total. The van der Waals surface area contributed by atoms with Gasteiger partial charge in [0.25, 0.3) is 0 Å². The molecule has 3 fully saturated rings. The van der Waals surface area contributed by atoms with Crippen LogP contribution in [0.3, 0.4) is 0 Å². The van der Waals surface area contributed by atoms with Crippen LogP contribution in [0.4, 0.5) is 4.79 Å². The van der Waals surface area contributed by atoms with Crippen LogP contribution in [0.5, 0.6) is 0 Å². The summed E-state index contributed by atoms with van der Waals surface area (Å²) in [5.41, 5.74) is 0.0255. The van der Waals surface area contributed by atoms with Gasteiger partial charge >= 0.3 is 6.09 Å². The average molecular weight is 243 g/mol. The maximum Gasteiger partial charge on any atom is 0.410 e. The smallest absolute Gasteiger partial charge is 0.410 e. The van der Waals surface area contributed by atoms with Crippen molar-refractivity contribution in [1.29, 1.82) is 0 Å². The van der Waals surface area contributed by atoms with E-state index in [0.29, 0.717) is 11.5 Å².